The lowest BCUT2D eigenvalue weighted by Crippen LogP contribution is -2.24. The van der Waals surface area contributed by atoms with E-state index in [0.29, 0.717) is 19.8 Å². The minimum absolute atomic E-state index is 0.169. The van der Waals surface area contributed by atoms with Crippen LogP contribution in [0, 0.1) is 5.92 Å². The van der Waals surface area contributed by atoms with Crippen LogP contribution in [0.3, 0.4) is 0 Å². The van der Waals surface area contributed by atoms with Crippen molar-refractivity contribution in [2.45, 2.75) is 25.8 Å². The molecule has 4 nitrogen and oxygen atoms in total. The highest BCUT2D eigenvalue weighted by molar-refractivity contribution is 5.80. The van der Waals surface area contributed by atoms with Gasteiger partial charge in [-0.1, -0.05) is 6.07 Å². The van der Waals surface area contributed by atoms with Crippen LogP contribution in [0.25, 0.3) is 0 Å². The Labute approximate surface area is 106 Å². The predicted molar refractivity (Wildman–Crippen MR) is 66.6 cm³/mol. The van der Waals surface area contributed by atoms with Crippen LogP contribution in [0.4, 0.5) is 0 Å². The highest BCUT2D eigenvalue weighted by Gasteiger charge is 2.29. The van der Waals surface area contributed by atoms with Crippen LogP contribution in [-0.2, 0) is 11.3 Å². The van der Waals surface area contributed by atoms with E-state index in [-0.39, 0.29) is 11.8 Å². The number of ether oxygens (including phenoxy) is 2. The Morgan fingerprint density at radius 3 is 2.78 bits per heavy atom. The molecule has 2 aliphatic rings. The van der Waals surface area contributed by atoms with Crippen LogP contribution in [-0.4, -0.2) is 19.1 Å². The molecule has 1 heterocycles. The molecule has 1 N–H and O–H groups in total. The minimum Gasteiger partial charge on any atom is -0.490 e. The Bertz CT molecular complexity index is 454. The van der Waals surface area contributed by atoms with Crippen LogP contribution in [0.5, 0.6) is 11.5 Å². The molecule has 0 saturated heterocycles. The van der Waals surface area contributed by atoms with Crippen LogP contribution in [0.15, 0.2) is 18.2 Å². The molecule has 1 saturated carbocycles. The Morgan fingerprint density at radius 1 is 1.22 bits per heavy atom. The van der Waals surface area contributed by atoms with Crippen LogP contribution < -0.4 is 14.8 Å². The summed E-state index contributed by atoms with van der Waals surface area (Å²) in [5.41, 5.74) is 1.05. The molecular formula is C14H17NO3. The molecule has 0 radical (unpaired) electrons. The van der Waals surface area contributed by atoms with Gasteiger partial charge in [0.05, 0.1) is 13.2 Å². The van der Waals surface area contributed by atoms with Gasteiger partial charge in [-0.2, -0.15) is 0 Å². The van der Waals surface area contributed by atoms with Crippen molar-refractivity contribution in [3.63, 3.8) is 0 Å². The van der Waals surface area contributed by atoms with E-state index in [2.05, 4.69) is 5.32 Å². The van der Waals surface area contributed by atoms with Gasteiger partial charge < -0.3 is 14.8 Å². The zero-order valence-corrected chi connectivity index (χ0v) is 10.3. The van der Waals surface area contributed by atoms with E-state index in [1.165, 1.54) is 0 Å². The van der Waals surface area contributed by atoms with Crippen molar-refractivity contribution in [1.29, 1.82) is 0 Å². The molecule has 1 amide bonds. The van der Waals surface area contributed by atoms with E-state index in [9.17, 15) is 4.79 Å². The van der Waals surface area contributed by atoms with Crippen molar-refractivity contribution in [1.82, 2.24) is 5.32 Å². The van der Waals surface area contributed by atoms with Gasteiger partial charge in [0.25, 0.3) is 0 Å². The molecule has 0 unspecified atom stereocenters. The van der Waals surface area contributed by atoms with E-state index in [0.717, 1.165) is 36.3 Å². The number of fused-ring (bicyclic) bond motifs is 1. The van der Waals surface area contributed by atoms with Gasteiger partial charge in [0.15, 0.2) is 11.5 Å². The van der Waals surface area contributed by atoms with Gasteiger partial charge in [-0.05, 0) is 30.5 Å². The lowest BCUT2D eigenvalue weighted by atomic mass is 10.2. The molecular weight excluding hydrogens is 230 g/mol. The lowest BCUT2D eigenvalue weighted by Gasteiger charge is -2.10. The maximum absolute atomic E-state index is 11.6. The van der Waals surface area contributed by atoms with Crippen LogP contribution in [0.1, 0.15) is 24.8 Å². The van der Waals surface area contributed by atoms with Crippen molar-refractivity contribution in [3.8, 4) is 11.5 Å². The topological polar surface area (TPSA) is 47.6 Å². The summed E-state index contributed by atoms with van der Waals surface area (Å²) in [6.45, 7) is 1.95. The van der Waals surface area contributed by atoms with Gasteiger partial charge in [-0.25, -0.2) is 0 Å². The molecule has 1 aliphatic carbocycles. The maximum atomic E-state index is 11.6. The van der Waals surface area contributed by atoms with E-state index >= 15 is 0 Å². The monoisotopic (exact) mass is 247 g/mol. The number of hydrogen-bond acceptors (Lipinski definition) is 3. The average molecular weight is 247 g/mol. The summed E-state index contributed by atoms with van der Waals surface area (Å²) in [5, 5.41) is 2.95. The predicted octanol–water partition coefficient (Wildman–Crippen LogP) is 1.87. The van der Waals surface area contributed by atoms with Crippen molar-refractivity contribution in [2.24, 2.45) is 5.92 Å². The standard InChI is InChI=1S/C14H17NO3/c16-14(11-3-4-11)15-9-10-2-5-12-13(8-10)18-7-1-6-17-12/h2,5,8,11H,1,3-4,6-7,9H2,(H,15,16). The van der Waals surface area contributed by atoms with E-state index < -0.39 is 0 Å². The third kappa shape index (κ3) is 2.58. The molecule has 1 aliphatic heterocycles. The van der Waals surface area contributed by atoms with Crippen LogP contribution in [0.2, 0.25) is 0 Å². The molecule has 96 valence electrons. The SMILES string of the molecule is O=C(NCc1ccc2c(c1)OCCCO2)C1CC1. The Hall–Kier alpha value is -1.71. The summed E-state index contributed by atoms with van der Waals surface area (Å²) in [5.74, 6) is 2.00. The molecule has 0 spiro atoms. The normalized spacial score (nSPS) is 18.0. The number of benzene rings is 1. The summed E-state index contributed by atoms with van der Waals surface area (Å²) >= 11 is 0. The molecule has 1 aromatic carbocycles. The number of carbonyl (C=O) groups excluding carboxylic acids is 1. The van der Waals surface area contributed by atoms with Gasteiger partial charge in [0, 0.05) is 18.9 Å². The van der Waals surface area contributed by atoms with Gasteiger partial charge in [0.1, 0.15) is 0 Å². The summed E-state index contributed by atoms with van der Waals surface area (Å²) in [6, 6.07) is 5.84. The average Bonchev–Trinajstić information content (AvgIpc) is 3.21. The molecule has 4 heteroatoms. The van der Waals surface area contributed by atoms with Gasteiger partial charge in [-0.3, -0.25) is 4.79 Å². The number of rotatable bonds is 3. The summed E-state index contributed by atoms with van der Waals surface area (Å²) in [6.07, 6.45) is 2.97. The van der Waals surface area contributed by atoms with Crippen molar-refractivity contribution in [2.75, 3.05) is 13.2 Å². The van der Waals surface area contributed by atoms with Gasteiger partial charge in [-0.15, -0.1) is 0 Å². The third-order valence-electron chi connectivity index (χ3n) is 3.23. The molecule has 1 fully saturated rings. The zero-order chi connectivity index (χ0) is 12.4. The van der Waals surface area contributed by atoms with E-state index in [1.807, 2.05) is 18.2 Å². The highest BCUT2D eigenvalue weighted by Crippen LogP contribution is 2.31. The highest BCUT2D eigenvalue weighted by atomic mass is 16.5. The van der Waals surface area contributed by atoms with Crippen molar-refractivity contribution >= 4 is 5.91 Å². The first-order chi connectivity index (χ1) is 8.83. The number of amides is 1. The summed E-state index contributed by atoms with van der Waals surface area (Å²) in [7, 11) is 0. The fourth-order valence-electron chi connectivity index (χ4n) is 2.00. The Balaban J connectivity index is 1.65. The third-order valence-corrected chi connectivity index (χ3v) is 3.23. The Morgan fingerprint density at radius 2 is 2.00 bits per heavy atom. The zero-order valence-electron chi connectivity index (χ0n) is 10.3. The van der Waals surface area contributed by atoms with E-state index in [1.54, 1.807) is 0 Å². The van der Waals surface area contributed by atoms with Gasteiger partial charge >= 0.3 is 0 Å². The number of nitrogens with one attached hydrogen (secondary N) is 1. The second-order valence-electron chi connectivity index (χ2n) is 4.82. The maximum Gasteiger partial charge on any atom is 0.223 e. The summed E-state index contributed by atoms with van der Waals surface area (Å²) in [4.78, 5) is 11.6. The fraction of sp³-hybridized carbons (Fsp3) is 0.500. The fourth-order valence-corrected chi connectivity index (χ4v) is 2.00. The molecule has 0 aromatic heterocycles. The summed E-state index contributed by atoms with van der Waals surface area (Å²) < 4.78 is 11.2. The second-order valence-corrected chi connectivity index (χ2v) is 4.82. The second kappa shape index (κ2) is 4.88. The number of hydrogen-bond donors (Lipinski definition) is 1. The molecule has 1 aromatic rings. The van der Waals surface area contributed by atoms with Crippen molar-refractivity contribution in [3.05, 3.63) is 23.8 Å². The van der Waals surface area contributed by atoms with E-state index in [4.69, 9.17) is 9.47 Å². The molecule has 0 bridgehead atoms. The van der Waals surface area contributed by atoms with Gasteiger partial charge in [0.2, 0.25) is 5.91 Å². The first kappa shape index (κ1) is 11.4. The smallest absolute Gasteiger partial charge is 0.223 e. The quantitative estimate of drug-likeness (QED) is 0.887. The number of carbonyl (C=O) groups is 1. The van der Waals surface area contributed by atoms with Crippen LogP contribution >= 0.6 is 0 Å². The lowest BCUT2D eigenvalue weighted by molar-refractivity contribution is -0.122. The Kier molecular flexibility index (Phi) is 3.09. The molecule has 18 heavy (non-hydrogen) atoms. The first-order valence-corrected chi connectivity index (χ1v) is 6.49. The first-order valence-electron chi connectivity index (χ1n) is 6.49. The molecule has 3 rings (SSSR count). The molecule has 0 atom stereocenters. The van der Waals surface area contributed by atoms with Crippen molar-refractivity contribution < 1.29 is 14.3 Å². The minimum atomic E-state index is 0.169. The largest absolute Gasteiger partial charge is 0.490 e.